The van der Waals surface area contributed by atoms with Crippen molar-refractivity contribution in [3.8, 4) is 11.4 Å². The van der Waals surface area contributed by atoms with Gasteiger partial charge in [0.15, 0.2) is 11.5 Å². The number of nitrogens with two attached hydrogens (primary N) is 1. The number of nitrogens with zero attached hydrogens (tertiary/aromatic N) is 6. The van der Waals surface area contributed by atoms with Gasteiger partial charge in [0.1, 0.15) is 0 Å². The van der Waals surface area contributed by atoms with Gasteiger partial charge in [-0.3, -0.25) is 4.68 Å². The second-order valence-electron chi connectivity index (χ2n) is 11.5. The normalized spacial score (nSPS) is 25.0. The molecule has 0 spiro atoms. The third kappa shape index (κ3) is 5.53. The van der Waals surface area contributed by atoms with Gasteiger partial charge in [-0.1, -0.05) is 0 Å². The summed E-state index contributed by atoms with van der Waals surface area (Å²) in [5.74, 6) is 0.352. The van der Waals surface area contributed by atoms with Crippen LogP contribution in [0.25, 0.3) is 17.0 Å². The van der Waals surface area contributed by atoms with Gasteiger partial charge in [0.25, 0.3) is 10.0 Å². The van der Waals surface area contributed by atoms with E-state index in [2.05, 4.69) is 39.9 Å². The van der Waals surface area contributed by atoms with Gasteiger partial charge < -0.3 is 21.7 Å². The van der Waals surface area contributed by atoms with Crippen LogP contribution in [0.2, 0.25) is 0 Å². The van der Waals surface area contributed by atoms with Gasteiger partial charge in [0, 0.05) is 48.0 Å². The van der Waals surface area contributed by atoms with Crippen molar-refractivity contribution in [2.75, 3.05) is 7.05 Å². The van der Waals surface area contributed by atoms with Crippen molar-refractivity contribution in [3.63, 3.8) is 0 Å². The maximum absolute atomic E-state index is 12.6. The molecule has 0 saturated heterocycles. The van der Waals surface area contributed by atoms with Crippen LogP contribution in [0, 0.1) is 0 Å². The summed E-state index contributed by atoms with van der Waals surface area (Å²) in [6.07, 6.45) is 16.1. The maximum atomic E-state index is 12.6. The van der Waals surface area contributed by atoms with Gasteiger partial charge in [-0.05, 0) is 77.6 Å². The number of rotatable bonds is 9. The van der Waals surface area contributed by atoms with Crippen LogP contribution in [-0.2, 0) is 15.7 Å². The highest BCUT2D eigenvalue weighted by atomic mass is 32.2. The molecule has 0 bridgehead atoms. The van der Waals surface area contributed by atoms with Crippen LogP contribution in [0.4, 0.5) is 0 Å². The van der Waals surface area contributed by atoms with E-state index in [1.807, 2.05) is 36.3 Å². The first-order valence-corrected chi connectivity index (χ1v) is 15.8. The number of aromatic nitrogens is 6. The molecule has 1 atom stereocenters. The molecule has 0 amide bonds. The topological polar surface area (TPSA) is 158 Å². The minimum atomic E-state index is -3.48. The standard InChI is InChI=1S/C28H38N10O2S/c1-18(2)37-13-11-24(36-37)23-16-32-28(29,14-25(23)34-21-6-4-20(30-3)5-7-21)26-10-12-31-27(35-26)19-15-33-38(17-19)41(39,40)22-8-9-22/h10-18,20-22,30,32,34H,4-9,29H2,1-3H3. The molecule has 12 nitrogen and oxygen atoms in total. The Balaban J connectivity index is 1.31. The first kappa shape index (κ1) is 27.6. The van der Waals surface area contributed by atoms with Gasteiger partial charge in [0.2, 0.25) is 0 Å². The van der Waals surface area contributed by atoms with Crippen molar-refractivity contribution >= 4 is 15.6 Å². The lowest BCUT2D eigenvalue weighted by atomic mass is 9.90. The average Bonchev–Trinajstić information content (AvgIpc) is 3.51. The highest BCUT2D eigenvalue weighted by Crippen LogP contribution is 2.32. The van der Waals surface area contributed by atoms with Gasteiger partial charge in [-0.2, -0.15) is 14.3 Å². The molecular weight excluding hydrogens is 540 g/mol. The van der Waals surface area contributed by atoms with Crippen molar-refractivity contribution in [3.05, 3.63) is 66.3 Å². The zero-order valence-electron chi connectivity index (χ0n) is 23.7. The molecule has 0 radical (unpaired) electrons. The molecule has 13 heteroatoms. The molecule has 6 rings (SSSR count). The third-order valence-corrected chi connectivity index (χ3v) is 10.2. The Bertz CT molecular complexity index is 1580. The molecule has 1 aliphatic heterocycles. The van der Waals surface area contributed by atoms with E-state index in [4.69, 9.17) is 15.8 Å². The lowest BCUT2D eigenvalue weighted by Gasteiger charge is -2.35. The van der Waals surface area contributed by atoms with E-state index >= 15 is 0 Å². The zero-order chi connectivity index (χ0) is 28.8. The summed E-state index contributed by atoms with van der Waals surface area (Å²) in [6.45, 7) is 4.20. The van der Waals surface area contributed by atoms with Gasteiger partial charge in [0.05, 0.1) is 34.6 Å². The van der Waals surface area contributed by atoms with E-state index in [-0.39, 0.29) is 11.3 Å². The molecule has 5 N–H and O–H groups in total. The van der Waals surface area contributed by atoms with Gasteiger partial charge in [-0.25, -0.2) is 18.4 Å². The molecule has 2 fully saturated rings. The fourth-order valence-corrected chi connectivity index (χ4v) is 6.89. The Morgan fingerprint density at radius 3 is 2.56 bits per heavy atom. The maximum Gasteiger partial charge on any atom is 0.256 e. The van der Waals surface area contributed by atoms with E-state index < -0.39 is 15.7 Å². The molecular formula is C28H38N10O2S. The molecule has 3 aliphatic rings. The summed E-state index contributed by atoms with van der Waals surface area (Å²) in [6, 6.07) is 4.88. The minimum Gasteiger partial charge on any atom is -0.382 e. The second kappa shape index (κ2) is 10.7. The summed E-state index contributed by atoms with van der Waals surface area (Å²) >= 11 is 0. The summed E-state index contributed by atoms with van der Waals surface area (Å²) in [5, 5.41) is 19.0. The predicted octanol–water partition coefficient (Wildman–Crippen LogP) is 2.22. The molecule has 1 unspecified atom stereocenters. The highest BCUT2D eigenvalue weighted by Gasteiger charge is 2.38. The Kier molecular flexibility index (Phi) is 7.20. The summed E-state index contributed by atoms with van der Waals surface area (Å²) in [5.41, 5.74) is 9.57. The third-order valence-electron chi connectivity index (χ3n) is 8.13. The van der Waals surface area contributed by atoms with Crippen molar-refractivity contribution < 1.29 is 8.42 Å². The van der Waals surface area contributed by atoms with Crippen LogP contribution in [0.3, 0.4) is 0 Å². The second-order valence-corrected chi connectivity index (χ2v) is 13.6. The fraction of sp³-hybridized carbons (Fsp3) is 0.500. The number of nitrogens with one attached hydrogen (secondary N) is 3. The van der Waals surface area contributed by atoms with Crippen molar-refractivity contribution in [1.82, 2.24) is 44.9 Å². The zero-order valence-corrected chi connectivity index (χ0v) is 24.5. The van der Waals surface area contributed by atoms with Crippen LogP contribution >= 0.6 is 0 Å². The molecule has 0 aromatic carbocycles. The van der Waals surface area contributed by atoms with Gasteiger partial charge >= 0.3 is 0 Å². The quantitative estimate of drug-likeness (QED) is 0.297. The van der Waals surface area contributed by atoms with Crippen LogP contribution in [0.1, 0.15) is 69.8 Å². The fourth-order valence-electron chi connectivity index (χ4n) is 5.42. The van der Waals surface area contributed by atoms with Crippen LogP contribution in [-0.4, -0.2) is 61.7 Å². The van der Waals surface area contributed by atoms with Crippen LogP contribution in [0.15, 0.2) is 54.9 Å². The minimum absolute atomic E-state index is 0.245. The number of dihydropyridines is 1. The summed E-state index contributed by atoms with van der Waals surface area (Å²) in [7, 11) is -1.46. The van der Waals surface area contributed by atoms with Crippen LogP contribution in [0.5, 0.6) is 0 Å². The number of hydrogen-bond acceptors (Lipinski definition) is 10. The molecule has 3 aromatic rings. The SMILES string of the molecule is CNC1CCC(NC2=CC(N)(c3ccnc(-c4cnn(S(=O)(=O)C5CC5)c4)n3)NC=C2c2ccn(C(C)C)n2)CC1. The van der Waals surface area contributed by atoms with Crippen molar-refractivity contribution in [2.24, 2.45) is 5.73 Å². The van der Waals surface area contributed by atoms with E-state index in [9.17, 15) is 8.42 Å². The van der Waals surface area contributed by atoms with E-state index in [1.165, 1.54) is 12.4 Å². The molecule has 41 heavy (non-hydrogen) atoms. The monoisotopic (exact) mass is 578 g/mol. The molecule has 2 saturated carbocycles. The van der Waals surface area contributed by atoms with Gasteiger partial charge in [-0.15, -0.1) is 0 Å². The predicted molar refractivity (Wildman–Crippen MR) is 157 cm³/mol. The highest BCUT2D eigenvalue weighted by molar-refractivity contribution is 7.90. The number of allylic oxidation sites excluding steroid dienone is 1. The lowest BCUT2D eigenvalue weighted by molar-refractivity contribution is 0.332. The molecule has 3 aromatic heterocycles. The molecule has 218 valence electrons. The largest absolute Gasteiger partial charge is 0.382 e. The van der Waals surface area contributed by atoms with E-state index in [0.717, 1.165) is 46.7 Å². The van der Waals surface area contributed by atoms with Crippen LogP contribution < -0.4 is 21.7 Å². The summed E-state index contributed by atoms with van der Waals surface area (Å²) < 4.78 is 28.2. The lowest BCUT2D eigenvalue weighted by Crippen LogP contribution is -2.50. The Hall–Kier alpha value is -3.55. The van der Waals surface area contributed by atoms with Crippen molar-refractivity contribution in [1.29, 1.82) is 0 Å². The average molecular weight is 579 g/mol. The smallest absolute Gasteiger partial charge is 0.256 e. The summed E-state index contributed by atoms with van der Waals surface area (Å²) in [4.78, 5) is 9.13. The van der Waals surface area contributed by atoms with E-state index in [1.54, 1.807) is 12.3 Å². The number of hydrogen-bond donors (Lipinski definition) is 4. The van der Waals surface area contributed by atoms with E-state index in [0.29, 0.717) is 42.0 Å². The Morgan fingerprint density at radius 1 is 1.12 bits per heavy atom. The molecule has 4 heterocycles. The van der Waals surface area contributed by atoms with Crippen molar-refractivity contribution in [2.45, 2.75) is 81.4 Å². The first-order chi connectivity index (χ1) is 19.7. The molecule has 2 aliphatic carbocycles. The Labute approximate surface area is 240 Å². The first-order valence-electron chi connectivity index (χ1n) is 14.3. The Morgan fingerprint density at radius 2 is 1.88 bits per heavy atom.